The second kappa shape index (κ2) is 6.55. The van der Waals surface area contributed by atoms with Crippen molar-refractivity contribution in [3.63, 3.8) is 0 Å². The Balaban J connectivity index is 2.80. The van der Waals surface area contributed by atoms with E-state index in [1.165, 1.54) is 6.07 Å². The zero-order chi connectivity index (χ0) is 13.6. The maximum atomic E-state index is 11.2. The fraction of sp³-hybridized carbons (Fsp3) is 0.357. The molecule has 0 bridgehead atoms. The number of unbranched alkanes of at least 4 members (excludes halogenated alkanes) is 2. The largest absolute Gasteiger partial charge is 0.294 e. The van der Waals surface area contributed by atoms with E-state index in [9.17, 15) is 8.42 Å². The van der Waals surface area contributed by atoms with Gasteiger partial charge in [-0.2, -0.15) is 8.42 Å². The van der Waals surface area contributed by atoms with Gasteiger partial charge in [0.2, 0.25) is 0 Å². The summed E-state index contributed by atoms with van der Waals surface area (Å²) in [5.41, 5.74) is 4.37. The minimum atomic E-state index is -4.13. The first-order valence-corrected chi connectivity index (χ1v) is 7.30. The number of hydrogen-bond donors (Lipinski definition) is 1. The van der Waals surface area contributed by atoms with Crippen LogP contribution >= 0.6 is 0 Å². The van der Waals surface area contributed by atoms with Crippen LogP contribution in [0.1, 0.15) is 30.4 Å². The molecule has 0 aliphatic heterocycles. The molecule has 0 saturated carbocycles. The van der Waals surface area contributed by atoms with Gasteiger partial charge in [-0.3, -0.25) is 4.55 Å². The molecule has 0 unspecified atom stereocenters. The number of benzene rings is 1. The van der Waals surface area contributed by atoms with E-state index in [1.54, 1.807) is 6.07 Å². The van der Waals surface area contributed by atoms with E-state index in [-0.39, 0.29) is 4.90 Å². The van der Waals surface area contributed by atoms with Gasteiger partial charge in [-0.05, 0) is 50.3 Å². The van der Waals surface area contributed by atoms with Crippen LogP contribution < -0.4 is 0 Å². The molecule has 3 nitrogen and oxygen atoms in total. The van der Waals surface area contributed by atoms with Gasteiger partial charge < -0.3 is 0 Å². The van der Waals surface area contributed by atoms with Crippen LogP contribution in [0.2, 0.25) is 0 Å². The standard InChI is InChI=1S/C14H18O3S/c1-3-4-5-6-7-8-13-11-12(2)9-10-14(13)18(15,16)17/h4,9-11H,1,5-8H2,2H3,(H,15,16,17). The van der Waals surface area contributed by atoms with Crippen LogP contribution in [0, 0.1) is 6.92 Å². The third-order valence-electron chi connectivity index (χ3n) is 2.68. The summed E-state index contributed by atoms with van der Waals surface area (Å²) in [5, 5.41) is 0. The van der Waals surface area contributed by atoms with Gasteiger partial charge in [0.15, 0.2) is 0 Å². The summed E-state index contributed by atoms with van der Waals surface area (Å²) in [6, 6.07) is 4.96. The molecule has 0 fully saturated rings. The first-order valence-electron chi connectivity index (χ1n) is 5.86. The van der Waals surface area contributed by atoms with Crippen molar-refractivity contribution in [2.24, 2.45) is 0 Å². The molecule has 1 rings (SSSR count). The predicted octanol–water partition coefficient (Wildman–Crippen LogP) is 3.30. The van der Waals surface area contributed by atoms with Gasteiger partial charge in [0.05, 0.1) is 4.90 Å². The lowest BCUT2D eigenvalue weighted by atomic mass is 10.0. The van der Waals surface area contributed by atoms with E-state index in [1.807, 2.05) is 19.1 Å². The molecule has 0 radical (unpaired) electrons. The summed E-state index contributed by atoms with van der Waals surface area (Å²) in [6.07, 6.45) is 5.20. The second-order valence-corrected chi connectivity index (χ2v) is 5.63. The van der Waals surface area contributed by atoms with Crippen molar-refractivity contribution < 1.29 is 13.0 Å². The van der Waals surface area contributed by atoms with E-state index < -0.39 is 10.1 Å². The summed E-state index contributed by atoms with van der Waals surface area (Å²) in [6.45, 7) is 5.38. The predicted molar refractivity (Wildman–Crippen MR) is 72.3 cm³/mol. The molecular weight excluding hydrogens is 248 g/mol. The molecular formula is C14H18O3S. The van der Waals surface area contributed by atoms with Gasteiger partial charge in [-0.25, -0.2) is 0 Å². The molecule has 1 N–H and O–H groups in total. The molecule has 4 heteroatoms. The van der Waals surface area contributed by atoms with Gasteiger partial charge in [0.1, 0.15) is 0 Å². The zero-order valence-corrected chi connectivity index (χ0v) is 11.3. The van der Waals surface area contributed by atoms with E-state index in [0.29, 0.717) is 12.0 Å². The number of aryl methyl sites for hydroxylation is 2. The average Bonchev–Trinajstić information content (AvgIpc) is 2.27. The lowest BCUT2D eigenvalue weighted by molar-refractivity contribution is 0.481. The lowest BCUT2D eigenvalue weighted by Crippen LogP contribution is -2.03. The molecule has 0 aliphatic carbocycles. The van der Waals surface area contributed by atoms with Crippen molar-refractivity contribution >= 4 is 10.1 Å². The van der Waals surface area contributed by atoms with E-state index in [2.05, 4.69) is 12.3 Å². The zero-order valence-electron chi connectivity index (χ0n) is 10.5. The second-order valence-electron chi connectivity index (χ2n) is 4.24. The highest BCUT2D eigenvalue weighted by molar-refractivity contribution is 7.85. The minimum Gasteiger partial charge on any atom is -0.282 e. The van der Waals surface area contributed by atoms with Crippen molar-refractivity contribution in [3.8, 4) is 0 Å². The Bertz CT molecular complexity index is 552. The summed E-state index contributed by atoms with van der Waals surface area (Å²) in [4.78, 5) is 0.0207. The Hall–Kier alpha value is -1.35. The SMILES string of the molecule is C=C=CCCCCc1cc(C)ccc1S(=O)(=O)O. The molecule has 0 heterocycles. The van der Waals surface area contributed by atoms with Crippen molar-refractivity contribution in [2.75, 3.05) is 0 Å². The monoisotopic (exact) mass is 266 g/mol. The number of allylic oxidation sites excluding steroid dienone is 1. The van der Waals surface area contributed by atoms with Crippen molar-refractivity contribution in [3.05, 3.63) is 47.7 Å². The van der Waals surface area contributed by atoms with Gasteiger partial charge >= 0.3 is 0 Å². The normalized spacial score (nSPS) is 11.0. The fourth-order valence-corrected chi connectivity index (χ4v) is 2.55. The smallest absolute Gasteiger partial charge is 0.282 e. The molecule has 1 aromatic rings. The summed E-state index contributed by atoms with van der Waals surface area (Å²) in [5.74, 6) is 0. The van der Waals surface area contributed by atoms with E-state index in [0.717, 1.165) is 24.8 Å². The Morgan fingerprint density at radius 2 is 2.11 bits per heavy atom. The third kappa shape index (κ3) is 4.49. The molecule has 98 valence electrons. The number of hydrogen-bond acceptors (Lipinski definition) is 2. The average molecular weight is 266 g/mol. The quantitative estimate of drug-likeness (QED) is 0.488. The summed E-state index contributed by atoms with van der Waals surface area (Å²) >= 11 is 0. The van der Waals surface area contributed by atoms with Crippen LogP contribution in [0.25, 0.3) is 0 Å². The van der Waals surface area contributed by atoms with Crippen LogP contribution in [0.3, 0.4) is 0 Å². The van der Waals surface area contributed by atoms with Crippen molar-refractivity contribution in [1.82, 2.24) is 0 Å². The topological polar surface area (TPSA) is 54.4 Å². The Morgan fingerprint density at radius 1 is 1.39 bits per heavy atom. The lowest BCUT2D eigenvalue weighted by Gasteiger charge is -2.07. The van der Waals surface area contributed by atoms with Crippen LogP contribution in [-0.2, 0) is 16.5 Å². The van der Waals surface area contributed by atoms with Crippen molar-refractivity contribution in [1.29, 1.82) is 0 Å². The minimum absolute atomic E-state index is 0.0207. The number of rotatable bonds is 6. The summed E-state index contributed by atoms with van der Waals surface area (Å²) < 4.78 is 31.6. The Morgan fingerprint density at radius 3 is 2.72 bits per heavy atom. The molecule has 0 amide bonds. The molecule has 0 aromatic heterocycles. The summed E-state index contributed by atoms with van der Waals surface area (Å²) in [7, 11) is -4.13. The Kier molecular flexibility index (Phi) is 5.35. The first kappa shape index (κ1) is 14.7. The Labute approximate surface area is 109 Å². The van der Waals surface area contributed by atoms with Crippen LogP contribution in [0.15, 0.2) is 41.5 Å². The van der Waals surface area contributed by atoms with Crippen LogP contribution in [-0.4, -0.2) is 13.0 Å². The molecule has 0 atom stereocenters. The van der Waals surface area contributed by atoms with Gasteiger partial charge in [0, 0.05) is 0 Å². The highest BCUT2D eigenvalue weighted by Crippen LogP contribution is 2.19. The fourth-order valence-electron chi connectivity index (χ4n) is 1.82. The van der Waals surface area contributed by atoms with E-state index >= 15 is 0 Å². The van der Waals surface area contributed by atoms with E-state index in [4.69, 9.17) is 4.55 Å². The van der Waals surface area contributed by atoms with Gasteiger partial charge in [0.25, 0.3) is 10.1 Å². The first-order chi connectivity index (χ1) is 8.45. The maximum absolute atomic E-state index is 11.2. The third-order valence-corrected chi connectivity index (χ3v) is 3.64. The molecule has 0 aliphatic rings. The molecule has 0 saturated heterocycles. The highest BCUT2D eigenvalue weighted by Gasteiger charge is 2.14. The van der Waals surface area contributed by atoms with Gasteiger partial charge in [-0.15, -0.1) is 5.73 Å². The molecule has 0 spiro atoms. The van der Waals surface area contributed by atoms with Crippen molar-refractivity contribution in [2.45, 2.75) is 37.5 Å². The van der Waals surface area contributed by atoms with Gasteiger partial charge in [-0.1, -0.05) is 24.3 Å². The molecule has 18 heavy (non-hydrogen) atoms. The van der Waals surface area contributed by atoms with Crippen LogP contribution in [0.4, 0.5) is 0 Å². The highest BCUT2D eigenvalue weighted by atomic mass is 32.2. The maximum Gasteiger partial charge on any atom is 0.294 e. The van der Waals surface area contributed by atoms with Crippen LogP contribution in [0.5, 0.6) is 0 Å². The molecule has 1 aromatic carbocycles.